The van der Waals surface area contributed by atoms with E-state index in [9.17, 15) is 0 Å². The Kier molecular flexibility index (Phi) is 6.27. The molecule has 2 nitrogen and oxygen atoms in total. The molecule has 2 aromatic carbocycles. The highest BCUT2D eigenvalue weighted by atomic mass is 79.9. The van der Waals surface area contributed by atoms with Gasteiger partial charge in [0, 0.05) is 8.95 Å². The van der Waals surface area contributed by atoms with E-state index in [2.05, 4.69) is 68.4 Å². The van der Waals surface area contributed by atoms with E-state index < -0.39 is 0 Å². The molecular weight excluding hydrogens is 394 g/mol. The van der Waals surface area contributed by atoms with Crippen LogP contribution in [-0.4, -0.2) is 13.7 Å². The van der Waals surface area contributed by atoms with Crippen LogP contribution >= 0.6 is 31.9 Å². The monoisotopic (exact) mass is 411 g/mol. The van der Waals surface area contributed by atoms with Crippen LogP contribution in [0.25, 0.3) is 0 Å². The van der Waals surface area contributed by atoms with Crippen LogP contribution in [0, 0.1) is 0 Å². The molecule has 0 fully saturated rings. The second-order valence-corrected chi connectivity index (χ2v) is 6.70. The van der Waals surface area contributed by atoms with Gasteiger partial charge in [-0.05, 0) is 54.4 Å². The van der Waals surface area contributed by atoms with Crippen LogP contribution in [0.5, 0.6) is 5.75 Å². The lowest BCUT2D eigenvalue weighted by Crippen LogP contribution is -2.23. The highest BCUT2D eigenvalue weighted by Crippen LogP contribution is 2.29. The molecule has 0 radical (unpaired) electrons. The zero-order valence-electron chi connectivity index (χ0n) is 12.2. The number of halogens is 2. The maximum Gasteiger partial charge on any atom is 0.119 e. The molecule has 21 heavy (non-hydrogen) atoms. The fraction of sp³-hybridized carbons (Fsp3) is 0.294. The van der Waals surface area contributed by atoms with Crippen LogP contribution in [0.3, 0.4) is 0 Å². The molecule has 0 aliphatic heterocycles. The van der Waals surface area contributed by atoms with Crippen molar-refractivity contribution >= 4 is 31.9 Å². The van der Waals surface area contributed by atoms with E-state index in [0.29, 0.717) is 0 Å². The minimum atomic E-state index is 0.147. The van der Waals surface area contributed by atoms with Crippen molar-refractivity contribution in [3.05, 3.63) is 62.5 Å². The summed E-state index contributed by atoms with van der Waals surface area (Å²) in [6, 6.07) is 14.7. The molecule has 0 bridgehead atoms. The van der Waals surface area contributed by atoms with Crippen LogP contribution in [0.2, 0.25) is 0 Å². The predicted molar refractivity (Wildman–Crippen MR) is 95.0 cm³/mol. The zero-order valence-corrected chi connectivity index (χ0v) is 15.4. The van der Waals surface area contributed by atoms with Crippen molar-refractivity contribution < 1.29 is 4.74 Å². The topological polar surface area (TPSA) is 21.3 Å². The molecule has 0 heterocycles. The number of nitrogens with one attached hydrogen (secondary N) is 1. The first kappa shape index (κ1) is 16.5. The Morgan fingerprint density at radius 1 is 1.05 bits per heavy atom. The summed E-state index contributed by atoms with van der Waals surface area (Å²) >= 11 is 7.14. The second-order valence-electron chi connectivity index (χ2n) is 4.87. The van der Waals surface area contributed by atoms with Gasteiger partial charge in [0.05, 0.1) is 13.2 Å². The number of hydrogen-bond acceptors (Lipinski definition) is 2. The summed E-state index contributed by atoms with van der Waals surface area (Å²) in [5, 5.41) is 3.61. The molecule has 112 valence electrons. The summed E-state index contributed by atoms with van der Waals surface area (Å²) in [6.07, 6.45) is 1.09. The third kappa shape index (κ3) is 4.56. The highest BCUT2D eigenvalue weighted by molar-refractivity contribution is 9.11. The second kappa shape index (κ2) is 7.97. The average molecular weight is 413 g/mol. The Labute approximate surface area is 143 Å². The van der Waals surface area contributed by atoms with Crippen LogP contribution in [0.4, 0.5) is 0 Å². The van der Waals surface area contributed by atoms with Crippen molar-refractivity contribution in [3.8, 4) is 5.75 Å². The molecule has 2 rings (SSSR count). The third-order valence-electron chi connectivity index (χ3n) is 3.24. The van der Waals surface area contributed by atoms with Gasteiger partial charge >= 0.3 is 0 Å². The molecule has 1 atom stereocenters. The summed E-state index contributed by atoms with van der Waals surface area (Å²) in [5.41, 5.74) is 2.42. The minimum Gasteiger partial charge on any atom is -0.497 e. The number of hydrogen-bond donors (Lipinski definition) is 1. The Balaban J connectivity index is 2.41. The van der Waals surface area contributed by atoms with Gasteiger partial charge in [-0.3, -0.25) is 0 Å². The molecule has 1 unspecified atom stereocenters. The van der Waals surface area contributed by atoms with Crippen molar-refractivity contribution in [3.63, 3.8) is 0 Å². The summed E-state index contributed by atoms with van der Waals surface area (Å²) in [5.74, 6) is 0.880. The van der Waals surface area contributed by atoms with Gasteiger partial charge in [0.2, 0.25) is 0 Å². The fourth-order valence-electron chi connectivity index (χ4n) is 2.28. The predicted octanol–water partition coefficient (Wildman–Crippen LogP) is 5.31. The number of rotatable bonds is 6. The molecule has 4 heteroatoms. The molecular formula is C17H19Br2NO. The molecule has 1 N–H and O–H groups in total. The molecule has 0 aromatic heterocycles. The number of ether oxygens (including phenoxy) is 1. The van der Waals surface area contributed by atoms with Crippen LogP contribution in [-0.2, 0) is 0 Å². The van der Waals surface area contributed by atoms with Gasteiger partial charge in [0.15, 0.2) is 0 Å². The van der Waals surface area contributed by atoms with Crippen molar-refractivity contribution in [2.75, 3.05) is 13.7 Å². The fourth-order valence-corrected chi connectivity index (χ4v) is 3.61. The van der Waals surface area contributed by atoms with Gasteiger partial charge < -0.3 is 10.1 Å². The van der Waals surface area contributed by atoms with Gasteiger partial charge in [0.1, 0.15) is 5.75 Å². The summed E-state index contributed by atoms with van der Waals surface area (Å²) in [7, 11) is 1.70. The van der Waals surface area contributed by atoms with Gasteiger partial charge in [-0.15, -0.1) is 0 Å². The Morgan fingerprint density at radius 3 is 2.38 bits per heavy atom. The number of benzene rings is 2. The van der Waals surface area contributed by atoms with Crippen LogP contribution in [0.1, 0.15) is 30.5 Å². The van der Waals surface area contributed by atoms with E-state index in [0.717, 1.165) is 27.7 Å². The maximum absolute atomic E-state index is 5.35. The van der Waals surface area contributed by atoms with E-state index >= 15 is 0 Å². The van der Waals surface area contributed by atoms with Crippen molar-refractivity contribution in [1.29, 1.82) is 0 Å². The standard InChI is InChI=1S/C17H19Br2NO/c1-3-7-20-17(12-5-4-6-16(10-12)21-2)13-8-14(18)11-15(19)9-13/h4-6,8-11,17,20H,3,7H2,1-2H3. The average Bonchev–Trinajstić information content (AvgIpc) is 2.47. The summed E-state index contributed by atoms with van der Waals surface area (Å²) in [4.78, 5) is 0. The Morgan fingerprint density at radius 2 is 1.76 bits per heavy atom. The number of methoxy groups -OCH3 is 1. The van der Waals surface area contributed by atoms with E-state index in [1.54, 1.807) is 7.11 Å². The smallest absolute Gasteiger partial charge is 0.119 e. The van der Waals surface area contributed by atoms with Gasteiger partial charge in [-0.1, -0.05) is 50.9 Å². The van der Waals surface area contributed by atoms with E-state index in [-0.39, 0.29) is 6.04 Å². The van der Waals surface area contributed by atoms with Gasteiger partial charge in [-0.25, -0.2) is 0 Å². The highest BCUT2D eigenvalue weighted by Gasteiger charge is 2.15. The first-order valence-electron chi connectivity index (χ1n) is 6.97. The summed E-state index contributed by atoms with van der Waals surface area (Å²) < 4.78 is 7.48. The largest absolute Gasteiger partial charge is 0.497 e. The molecule has 0 saturated carbocycles. The first-order valence-corrected chi connectivity index (χ1v) is 8.56. The third-order valence-corrected chi connectivity index (χ3v) is 4.16. The normalized spacial score (nSPS) is 12.2. The van der Waals surface area contributed by atoms with Gasteiger partial charge in [-0.2, -0.15) is 0 Å². The molecule has 0 saturated heterocycles. The molecule has 0 aliphatic carbocycles. The van der Waals surface area contributed by atoms with E-state index in [1.165, 1.54) is 11.1 Å². The lowest BCUT2D eigenvalue weighted by atomic mass is 9.98. The molecule has 0 aliphatic rings. The van der Waals surface area contributed by atoms with Crippen molar-refractivity contribution in [1.82, 2.24) is 5.32 Å². The molecule has 2 aromatic rings. The molecule has 0 spiro atoms. The zero-order chi connectivity index (χ0) is 15.2. The lowest BCUT2D eigenvalue weighted by molar-refractivity contribution is 0.413. The Bertz CT molecular complexity index is 581. The Hall–Kier alpha value is -0.840. The maximum atomic E-state index is 5.35. The lowest BCUT2D eigenvalue weighted by Gasteiger charge is -2.21. The first-order chi connectivity index (χ1) is 10.1. The quantitative estimate of drug-likeness (QED) is 0.694. The van der Waals surface area contributed by atoms with E-state index in [1.807, 2.05) is 18.2 Å². The SMILES string of the molecule is CCCNC(c1cc(Br)cc(Br)c1)c1cccc(OC)c1. The van der Waals surface area contributed by atoms with E-state index in [4.69, 9.17) is 4.74 Å². The van der Waals surface area contributed by atoms with Crippen molar-refractivity contribution in [2.24, 2.45) is 0 Å². The minimum absolute atomic E-state index is 0.147. The van der Waals surface area contributed by atoms with Crippen LogP contribution in [0.15, 0.2) is 51.4 Å². The van der Waals surface area contributed by atoms with Crippen LogP contribution < -0.4 is 10.1 Å². The summed E-state index contributed by atoms with van der Waals surface area (Å²) in [6.45, 7) is 3.14. The van der Waals surface area contributed by atoms with Crippen molar-refractivity contribution in [2.45, 2.75) is 19.4 Å². The molecule has 0 amide bonds. The van der Waals surface area contributed by atoms with Gasteiger partial charge in [0.25, 0.3) is 0 Å².